The van der Waals surface area contributed by atoms with Crippen molar-refractivity contribution in [3.63, 3.8) is 0 Å². The fraction of sp³-hybridized carbons (Fsp3) is 0.421. The van der Waals surface area contributed by atoms with Crippen molar-refractivity contribution >= 4 is 35.1 Å². The fourth-order valence-corrected chi connectivity index (χ4v) is 4.75. The Hall–Kier alpha value is -2.34. The van der Waals surface area contributed by atoms with Gasteiger partial charge in [-0.2, -0.15) is 0 Å². The predicted octanol–water partition coefficient (Wildman–Crippen LogP) is 2.08. The van der Waals surface area contributed by atoms with Gasteiger partial charge in [0, 0.05) is 6.54 Å². The summed E-state index contributed by atoms with van der Waals surface area (Å²) in [4.78, 5) is 38.6. The lowest BCUT2D eigenvalue weighted by molar-refractivity contribution is -0.148. The number of para-hydroxylation sites is 1. The topological polar surface area (TPSA) is 86.7 Å². The van der Waals surface area contributed by atoms with Crippen molar-refractivity contribution in [3.05, 3.63) is 41.4 Å². The Bertz CT molecular complexity index is 808. The van der Waals surface area contributed by atoms with E-state index in [4.69, 9.17) is 11.6 Å². The van der Waals surface area contributed by atoms with Crippen LogP contribution in [0.15, 0.2) is 36.4 Å². The molecule has 26 heavy (non-hydrogen) atoms. The summed E-state index contributed by atoms with van der Waals surface area (Å²) in [6.07, 6.45) is 5.00. The summed E-state index contributed by atoms with van der Waals surface area (Å²) in [5, 5.41) is 12.8. The number of amides is 2. The average molecular weight is 375 g/mol. The number of benzene rings is 1. The zero-order chi connectivity index (χ0) is 18.4. The summed E-state index contributed by atoms with van der Waals surface area (Å²) in [6, 6.07) is 6.44. The monoisotopic (exact) mass is 374 g/mol. The van der Waals surface area contributed by atoms with Crippen molar-refractivity contribution in [1.29, 1.82) is 0 Å². The van der Waals surface area contributed by atoms with Crippen LogP contribution in [-0.2, 0) is 14.4 Å². The Morgan fingerprint density at radius 1 is 1.15 bits per heavy atom. The lowest BCUT2D eigenvalue weighted by atomic mass is 9.82. The molecule has 4 rings (SSSR count). The molecular formula is C19H19ClN2O4. The summed E-state index contributed by atoms with van der Waals surface area (Å²) >= 11 is 6.17. The lowest BCUT2D eigenvalue weighted by Gasteiger charge is -2.25. The second-order valence-electron chi connectivity index (χ2n) is 7.13. The van der Waals surface area contributed by atoms with E-state index in [1.165, 1.54) is 0 Å². The quantitative estimate of drug-likeness (QED) is 0.790. The van der Waals surface area contributed by atoms with Crippen LogP contribution >= 0.6 is 11.6 Å². The number of carbonyl (C=O) groups is 3. The second-order valence-corrected chi connectivity index (χ2v) is 7.54. The van der Waals surface area contributed by atoms with E-state index in [-0.39, 0.29) is 23.7 Å². The highest BCUT2D eigenvalue weighted by atomic mass is 35.5. The first-order chi connectivity index (χ1) is 12.5. The van der Waals surface area contributed by atoms with E-state index in [0.29, 0.717) is 30.1 Å². The average Bonchev–Trinajstić information content (AvgIpc) is 3.31. The normalized spacial score (nSPS) is 32.3. The number of fused-ring (bicyclic) bond motifs is 2. The van der Waals surface area contributed by atoms with Gasteiger partial charge in [-0.3, -0.25) is 14.4 Å². The predicted molar refractivity (Wildman–Crippen MR) is 95.7 cm³/mol. The third-order valence-electron chi connectivity index (χ3n) is 5.71. The molecule has 5 atom stereocenters. The molecule has 6 nitrogen and oxygen atoms in total. The molecule has 5 unspecified atom stereocenters. The highest BCUT2D eigenvalue weighted by molar-refractivity contribution is 6.34. The summed E-state index contributed by atoms with van der Waals surface area (Å²) in [5.74, 6) is -2.96. The van der Waals surface area contributed by atoms with E-state index in [1.54, 1.807) is 29.2 Å². The fourth-order valence-electron chi connectivity index (χ4n) is 4.51. The van der Waals surface area contributed by atoms with Crippen LogP contribution in [0, 0.1) is 23.7 Å². The highest BCUT2D eigenvalue weighted by Gasteiger charge is 2.52. The minimum absolute atomic E-state index is 0.0581. The third kappa shape index (κ3) is 2.69. The number of carbonyl (C=O) groups excluding carboxylic acids is 2. The molecule has 1 aromatic rings. The van der Waals surface area contributed by atoms with Crippen molar-refractivity contribution in [3.8, 4) is 0 Å². The van der Waals surface area contributed by atoms with E-state index in [2.05, 4.69) is 5.32 Å². The van der Waals surface area contributed by atoms with Crippen molar-refractivity contribution in [2.45, 2.75) is 18.9 Å². The number of anilines is 1. The smallest absolute Gasteiger partial charge is 0.307 e. The van der Waals surface area contributed by atoms with Crippen LogP contribution in [0.3, 0.4) is 0 Å². The van der Waals surface area contributed by atoms with Gasteiger partial charge in [0.2, 0.25) is 11.8 Å². The van der Waals surface area contributed by atoms with E-state index >= 15 is 0 Å². The maximum Gasteiger partial charge on any atom is 0.307 e. The van der Waals surface area contributed by atoms with Gasteiger partial charge in [-0.1, -0.05) is 35.9 Å². The SMILES string of the molecule is O=C(O)C1C2C=CC(C2)C1C(=O)NC1CCN(c2ccccc2Cl)C1=O. The Labute approximate surface area is 155 Å². The molecule has 2 amide bonds. The highest BCUT2D eigenvalue weighted by Crippen LogP contribution is 2.48. The number of hydrogen-bond acceptors (Lipinski definition) is 3. The molecule has 7 heteroatoms. The molecule has 3 aliphatic rings. The maximum absolute atomic E-state index is 12.8. The summed E-state index contributed by atoms with van der Waals surface area (Å²) in [6.45, 7) is 0.465. The number of hydrogen-bond donors (Lipinski definition) is 2. The van der Waals surface area contributed by atoms with Crippen LogP contribution < -0.4 is 10.2 Å². The number of allylic oxidation sites excluding steroid dienone is 2. The van der Waals surface area contributed by atoms with E-state index < -0.39 is 23.8 Å². The Balaban J connectivity index is 1.47. The van der Waals surface area contributed by atoms with Gasteiger partial charge in [-0.05, 0) is 36.8 Å². The molecule has 1 saturated heterocycles. The van der Waals surface area contributed by atoms with Crippen LogP contribution in [-0.4, -0.2) is 35.5 Å². The number of carboxylic acid groups (broad SMARTS) is 1. The first kappa shape index (κ1) is 17.1. The van der Waals surface area contributed by atoms with Gasteiger partial charge in [0.1, 0.15) is 6.04 Å². The van der Waals surface area contributed by atoms with Gasteiger partial charge in [0.25, 0.3) is 0 Å². The molecule has 2 N–H and O–H groups in total. The molecule has 2 bridgehead atoms. The van der Waals surface area contributed by atoms with E-state index in [1.807, 2.05) is 12.2 Å². The van der Waals surface area contributed by atoms with Crippen LogP contribution in [0.4, 0.5) is 5.69 Å². The molecule has 1 heterocycles. The van der Waals surface area contributed by atoms with Gasteiger partial charge in [0.05, 0.1) is 22.5 Å². The summed E-state index contributed by atoms with van der Waals surface area (Å²) < 4.78 is 0. The number of nitrogens with zero attached hydrogens (tertiary/aromatic N) is 1. The Morgan fingerprint density at radius 2 is 1.85 bits per heavy atom. The van der Waals surface area contributed by atoms with Crippen molar-refractivity contribution in [2.24, 2.45) is 23.7 Å². The summed E-state index contributed by atoms with van der Waals surface area (Å²) in [5.41, 5.74) is 0.627. The molecule has 1 saturated carbocycles. The van der Waals surface area contributed by atoms with Crippen LogP contribution in [0.25, 0.3) is 0 Å². The molecule has 0 spiro atoms. The number of nitrogens with one attached hydrogen (secondary N) is 1. The molecule has 0 aromatic heterocycles. The van der Waals surface area contributed by atoms with Crippen molar-refractivity contribution in [2.75, 3.05) is 11.4 Å². The Kier molecular flexibility index (Phi) is 4.23. The molecule has 2 fully saturated rings. The maximum atomic E-state index is 12.8. The van der Waals surface area contributed by atoms with E-state index in [0.717, 1.165) is 0 Å². The van der Waals surface area contributed by atoms with Crippen LogP contribution in [0.5, 0.6) is 0 Å². The second kappa shape index (κ2) is 6.43. The largest absolute Gasteiger partial charge is 0.481 e. The molecule has 0 radical (unpaired) electrons. The van der Waals surface area contributed by atoms with Gasteiger partial charge >= 0.3 is 5.97 Å². The van der Waals surface area contributed by atoms with Crippen LogP contribution in [0.2, 0.25) is 5.02 Å². The standard InChI is InChI=1S/C19H19ClN2O4/c20-12-3-1-2-4-14(12)22-8-7-13(18(22)24)21-17(23)15-10-5-6-11(9-10)16(15)19(25)26/h1-6,10-11,13,15-16H,7-9H2,(H,21,23)(H,25,26). The minimum atomic E-state index is -0.947. The number of halogens is 1. The lowest BCUT2D eigenvalue weighted by Crippen LogP contribution is -2.47. The zero-order valence-electron chi connectivity index (χ0n) is 14.0. The molecule has 1 aromatic carbocycles. The van der Waals surface area contributed by atoms with Gasteiger partial charge < -0.3 is 15.3 Å². The van der Waals surface area contributed by atoms with Crippen molar-refractivity contribution < 1.29 is 19.5 Å². The van der Waals surface area contributed by atoms with Gasteiger partial charge in [-0.15, -0.1) is 0 Å². The number of rotatable bonds is 4. The zero-order valence-corrected chi connectivity index (χ0v) is 14.7. The molecule has 2 aliphatic carbocycles. The third-order valence-corrected chi connectivity index (χ3v) is 6.03. The number of carboxylic acids is 1. The minimum Gasteiger partial charge on any atom is -0.481 e. The Morgan fingerprint density at radius 3 is 2.54 bits per heavy atom. The molecule has 136 valence electrons. The van der Waals surface area contributed by atoms with Gasteiger partial charge in [0.15, 0.2) is 0 Å². The van der Waals surface area contributed by atoms with Crippen molar-refractivity contribution in [1.82, 2.24) is 5.32 Å². The molecule has 1 aliphatic heterocycles. The first-order valence-corrected chi connectivity index (χ1v) is 9.12. The van der Waals surface area contributed by atoms with Crippen LogP contribution in [0.1, 0.15) is 12.8 Å². The molecular weight excluding hydrogens is 356 g/mol. The van der Waals surface area contributed by atoms with E-state index in [9.17, 15) is 19.5 Å². The van der Waals surface area contributed by atoms with Gasteiger partial charge in [-0.25, -0.2) is 0 Å². The first-order valence-electron chi connectivity index (χ1n) is 8.75. The number of aliphatic carboxylic acids is 1. The summed E-state index contributed by atoms with van der Waals surface area (Å²) in [7, 11) is 0.